The van der Waals surface area contributed by atoms with E-state index in [4.69, 9.17) is 4.74 Å². The molecule has 0 aliphatic rings. The number of nitrogens with zero attached hydrogens (tertiary/aromatic N) is 2. The van der Waals surface area contributed by atoms with Crippen molar-refractivity contribution >= 4 is 22.1 Å². The summed E-state index contributed by atoms with van der Waals surface area (Å²) < 4.78 is 44.9. The quantitative estimate of drug-likeness (QED) is 0.575. The lowest BCUT2D eigenvalue weighted by molar-refractivity contribution is -0.121. The molecule has 0 saturated carbocycles. The van der Waals surface area contributed by atoms with Crippen LogP contribution in [0.2, 0.25) is 0 Å². The van der Waals surface area contributed by atoms with Crippen molar-refractivity contribution in [1.29, 1.82) is 0 Å². The van der Waals surface area contributed by atoms with Gasteiger partial charge in [-0.05, 0) is 30.7 Å². The zero-order chi connectivity index (χ0) is 20.0. The van der Waals surface area contributed by atoms with Gasteiger partial charge in [-0.15, -0.1) is 0 Å². The number of carbonyl (C=O) groups is 1. The first kappa shape index (κ1) is 20.5. The molecule has 2 aromatic rings. The van der Waals surface area contributed by atoms with Gasteiger partial charge in [0, 0.05) is 12.6 Å². The predicted octanol–water partition coefficient (Wildman–Crippen LogP) is 1.91. The molecule has 0 atom stereocenters. The van der Waals surface area contributed by atoms with Crippen LogP contribution in [-0.2, 0) is 14.8 Å². The minimum atomic E-state index is -3.95. The second kappa shape index (κ2) is 8.74. The van der Waals surface area contributed by atoms with Gasteiger partial charge in [0.25, 0.3) is 5.91 Å². The Morgan fingerprint density at radius 3 is 2.67 bits per heavy atom. The molecule has 9 heteroatoms. The Bertz CT molecular complexity index is 961. The summed E-state index contributed by atoms with van der Waals surface area (Å²) in [4.78, 5) is 11.9. The number of rotatable bonds is 7. The molecule has 2 aromatic carbocycles. The summed E-state index contributed by atoms with van der Waals surface area (Å²) in [6.07, 6.45) is 1.14. The Balaban J connectivity index is 2.07. The lowest BCUT2D eigenvalue weighted by Crippen LogP contribution is -2.36. The van der Waals surface area contributed by atoms with Crippen LogP contribution >= 0.6 is 0 Å². The van der Waals surface area contributed by atoms with Gasteiger partial charge in [-0.3, -0.25) is 4.79 Å². The third-order valence-corrected chi connectivity index (χ3v) is 5.50. The molecule has 0 saturated heterocycles. The number of carbonyl (C=O) groups excluding carboxylic acids is 1. The number of amides is 1. The first-order chi connectivity index (χ1) is 12.8. The number of halogens is 1. The molecule has 144 valence electrons. The first-order valence-electron chi connectivity index (χ1n) is 7.93. The fourth-order valence-electron chi connectivity index (χ4n) is 2.23. The smallest absolute Gasteiger partial charge is 0.255 e. The highest BCUT2D eigenvalue weighted by atomic mass is 32.2. The van der Waals surface area contributed by atoms with Crippen molar-refractivity contribution in [3.05, 3.63) is 59.4 Å². The number of hydrazone groups is 1. The molecule has 0 unspecified atom stereocenters. The van der Waals surface area contributed by atoms with Crippen molar-refractivity contribution in [3.8, 4) is 5.75 Å². The zero-order valence-corrected chi connectivity index (χ0v) is 16.0. The highest BCUT2D eigenvalue weighted by Crippen LogP contribution is 2.26. The third-order valence-electron chi connectivity index (χ3n) is 3.67. The summed E-state index contributed by atoms with van der Waals surface area (Å²) >= 11 is 0. The van der Waals surface area contributed by atoms with Crippen LogP contribution in [0.25, 0.3) is 0 Å². The number of benzene rings is 2. The Labute approximate surface area is 157 Å². The minimum Gasteiger partial charge on any atom is -0.495 e. The normalized spacial score (nSPS) is 11.7. The van der Waals surface area contributed by atoms with Gasteiger partial charge in [-0.25, -0.2) is 18.2 Å². The average molecular weight is 393 g/mol. The number of hydrogen-bond donors (Lipinski definition) is 1. The maximum Gasteiger partial charge on any atom is 0.255 e. The summed E-state index contributed by atoms with van der Waals surface area (Å²) in [6.45, 7) is 1.29. The van der Waals surface area contributed by atoms with Crippen LogP contribution in [0.3, 0.4) is 0 Å². The number of sulfonamides is 1. The van der Waals surface area contributed by atoms with Gasteiger partial charge in [0.2, 0.25) is 10.0 Å². The Morgan fingerprint density at radius 2 is 2.00 bits per heavy atom. The summed E-state index contributed by atoms with van der Waals surface area (Å²) in [5, 5.41) is 3.65. The maximum atomic E-state index is 13.5. The van der Waals surface area contributed by atoms with E-state index in [1.54, 1.807) is 25.1 Å². The number of likely N-dealkylation sites (N-methyl/N-ethyl adjacent to an activating group) is 1. The molecule has 0 heterocycles. The van der Waals surface area contributed by atoms with Crippen LogP contribution in [-0.4, -0.2) is 45.5 Å². The van der Waals surface area contributed by atoms with Crippen LogP contribution in [0.1, 0.15) is 11.1 Å². The Morgan fingerprint density at radius 1 is 1.30 bits per heavy atom. The molecule has 0 bridgehead atoms. The summed E-state index contributed by atoms with van der Waals surface area (Å²) in [5.74, 6) is -0.965. The van der Waals surface area contributed by atoms with Crippen LogP contribution in [0.15, 0.2) is 52.5 Å². The van der Waals surface area contributed by atoms with Crippen molar-refractivity contribution in [2.75, 3.05) is 20.7 Å². The standard InChI is InChI=1S/C18H20FN3O4S/c1-13-8-9-16(26-3)17(10-13)27(24,25)22(2)12-18(23)21-20-11-14-6-4-5-7-15(14)19/h4-11H,12H2,1-3H3,(H,21,23)/b20-11-. The van der Waals surface area contributed by atoms with Gasteiger partial charge in [0.1, 0.15) is 16.5 Å². The monoisotopic (exact) mass is 393 g/mol. The van der Waals surface area contributed by atoms with Crippen LogP contribution < -0.4 is 10.2 Å². The molecular formula is C18H20FN3O4S. The second-order valence-corrected chi connectivity index (χ2v) is 7.74. The summed E-state index contributed by atoms with van der Waals surface area (Å²) in [5.41, 5.74) is 3.11. The van der Waals surface area contributed by atoms with E-state index in [2.05, 4.69) is 10.5 Å². The number of nitrogens with one attached hydrogen (secondary N) is 1. The van der Waals surface area contributed by atoms with Crippen molar-refractivity contribution < 1.29 is 22.3 Å². The SMILES string of the molecule is COc1ccc(C)cc1S(=O)(=O)N(C)CC(=O)N/N=C\c1ccccc1F. The van der Waals surface area contributed by atoms with Crippen molar-refractivity contribution in [1.82, 2.24) is 9.73 Å². The van der Waals surface area contributed by atoms with Crippen molar-refractivity contribution in [2.45, 2.75) is 11.8 Å². The molecule has 2 rings (SSSR count). The predicted molar refractivity (Wildman–Crippen MR) is 99.7 cm³/mol. The first-order valence-corrected chi connectivity index (χ1v) is 9.37. The number of ether oxygens (including phenoxy) is 1. The molecule has 1 amide bonds. The Kier molecular flexibility index (Phi) is 6.65. The highest BCUT2D eigenvalue weighted by molar-refractivity contribution is 7.89. The fourth-order valence-corrected chi connectivity index (χ4v) is 3.59. The van der Waals surface area contributed by atoms with E-state index in [1.165, 1.54) is 38.4 Å². The van der Waals surface area contributed by atoms with E-state index in [0.29, 0.717) is 0 Å². The van der Waals surface area contributed by atoms with Crippen LogP contribution in [0, 0.1) is 12.7 Å². The second-order valence-electron chi connectivity index (χ2n) is 5.73. The molecule has 0 aliphatic carbocycles. The van der Waals surface area contributed by atoms with Gasteiger partial charge in [-0.1, -0.05) is 24.3 Å². The summed E-state index contributed by atoms with van der Waals surface area (Å²) in [6, 6.07) is 10.7. The lowest BCUT2D eigenvalue weighted by Gasteiger charge is -2.18. The van der Waals surface area contributed by atoms with E-state index in [9.17, 15) is 17.6 Å². The largest absolute Gasteiger partial charge is 0.495 e. The third kappa shape index (κ3) is 5.11. The zero-order valence-electron chi connectivity index (χ0n) is 15.1. The van der Waals surface area contributed by atoms with Gasteiger partial charge in [0.05, 0.1) is 19.9 Å². The van der Waals surface area contributed by atoms with Gasteiger partial charge in [0.15, 0.2) is 0 Å². The van der Waals surface area contributed by atoms with Crippen molar-refractivity contribution in [3.63, 3.8) is 0 Å². The molecule has 27 heavy (non-hydrogen) atoms. The van der Waals surface area contributed by atoms with E-state index in [-0.39, 0.29) is 16.2 Å². The highest BCUT2D eigenvalue weighted by Gasteiger charge is 2.26. The molecule has 0 fully saturated rings. The molecular weight excluding hydrogens is 373 g/mol. The van der Waals surface area contributed by atoms with Crippen LogP contribution in [0.5, 0.6) is 5.75 Å². The topological polar surface area (TPSA) is 88.1 Å². The van der Waals surface area contributed by atoms with E-state index >= 15 is 0 Å². The lowest BCUT2D eigenvalue weighted by atomic mass is 10.2. The number of hydrogen-bond acceptors (Lipinski definition) is 5. The molecule has 0 spiro atoms. The number of methoxy groups -OCH3 is 1. The fraction of sp³-hybridized carbons (Fsp3) is 0.222. The number of aryl methyl sites for hydroxylation is 1. The van der Waals surface area contributed by atoms with Gasteiger partial charge in [-0.2, -0.15) is 9.41 Å². The Hall–Kier alpha value is -2.78. The molecule has 0 radical (unpaired) electrons. The minimum absolute atomic E-state index is 0.0323. The molecule has 1 N–H and O–H groups in total. The molecule has 0 aliphatic heterocycles. The van der Waals surface area contributed by atoms with E-state index in [1.807, 2.05) is 0 Å². The van der Waals surface area contributed by atoms with Crippen molar-refractivity contribution in [2.24, 2.45) is 5.10 Å². The van der Waals surface area contributed by atoms with E-state index in [0.717, 1.165) is 16.1 Å². The van der Waals surface area contributed by atoms with E-state index < -0.39 is 28.3 Å². The average Bonchev–Trinajstić information content (AvgIpc) is 2.63. The van der Waals surface area contributed by atoms with Gasteiger partial charge >= 0.3 is 0 Å². The van der Waals surface area contributed by atoms with Crippen LogP contribution in [0.4, 0.5) is 4.39 Å². The van der Waals surface area contributed by atoms with Gasteiger partial charge < -0.3 is 4.74 Å². The molecule has 7 nitrogen and oxygen atoms in total. The maximum absolute atomic E-state index is 13.5. The summed E-state index contributed by atoms with van der Waals surface area (Å²) in [7, 11) is -1.30. The molecule has 0 aromatic heterocycles.